The van der Waals surface area contributed by atoms with Gasteiger partial charge in [0.15, 0.2) is 12.6 Å². The third-order valence-corrected chi connectivity index (χ3v) is 2.28. The maximum Gasteiger partial charge on any atom is 0.351 e. The first-order chi connectivity index (χ1) is 6.42. The Morgan fingerprint density at radius 3 is 2.57 bits per heavy atom. The molecule has 0 saturated carbocycles. The van der Waals surface area contributed by atoms with Crippen LogP contribution in [0.4, 0.5) is 0 Å². The lowest BCUT2D eigenvalue weighted by Crippen LogP contribution is -2.24. The summed E-state index contributed by atoms with van der Waals surface area (Å²) in [5.41, 5.74) is 0. The minimum atomic E-state index is -4.21. The molecule has 0 aromatic heterocycles. The van der Waals surface area contributed by atoms with E-state index in [1.807, 2.05) is 0 Å². The molecule has 8 heteroatoms. The van der Waals surface area contributed by atoms with Crippen LogP contribution in [0.15, 0.2) is 0 Å². The Bertz CT molecular complexity index is 226. The second kappa shape index (κ2) is 4.67. The van der Waals surface area contributed by atoms with Crippen LogP contribution in [0, 0.1) is 0 Å². The van der Waals surface area contributed by atoms with Crippen LogP contribution in [0.5, 0.6) is 0 Å². The highest BCUT2D eigenvalue weighted by atomic mass is 31.2. The van der Waals surface area contributed by atoms with E-state index in [0.29, 0.717) is 0 Å². The molecular weight excluding hydrogens is 215 g/mol. The van der Waals surface area contributed by atoms with Crippen LogP contribution in [0.3, 0.4) is 0 Å². The lowest BCUT2D eigenvalue weighted by Gasteiger charge is -2.13. The van der Waals surface area contributed by atoms with E-state index in [2.05, 4.69) is 0 Å². The van der Waals surface area contributed by atoms with E-state index < -0.39 is 32.4 Å². The van der Waals surface area contributed by atoms with Gasteiger partial charge in [-0.25, -0.2) is 0 Å². The molecule has 7 nitrogen and oxygen atoms in total. The number of rotatable bonds is 4. The summed E-state index contributed by atoms with van der Waals surface area (Å²) in [6, 6.07) is 0. The summed E-state index contributed by atoms with van der Waals surface area (Å²) >= 11 is 0. The Labute approximate surface area is 80.4 Å². The summed E-state index contributed by atoms with van der Waals surface area (Å²) in [6.07, 6.45) is -3.11. The van der Waals surface area contributed by atoms with Crippen molar-refractivity contribution in [3.63, 3.8) is 0 Å². The van der Waals surface area contributed by atoms with Crippen LogP contribution in [-0.4, -0.2) is 51.5 Å². The van der Waals surface area contributed by atoms with E-state index in [-0.39, 0.29) is 13.0 Å². The molecule has 0 spiro atoms. The molecule has 0 bridgehead atoms. The summed E-state index contributed by atoms with van der Waals surface area (Å²) in [5.74, 6) is 0. The lowest BCUT2D eigenvalue weighted by molar-refractivity contribution is -0.134. The zero-order valence-corrected chi connectivity index (χ0v) is 8.21. The van der Waals surface area contributed by atoms with Crippen LogP contribution in [0.25, 0.3) is 0 Å². The van der Waals surface area contributed by atoms with Crippen molar-refractivity contribution in [3.8, 4) is 0 Å². The fraction of sp³-hybridized carbons (Fsp3) is 1.00. The van der Waals surface area contributed by atoms with Crippen LogP contribution in [-0.2, 0) is 14.0 Å². The maximum atomic E-state index is 10.4. The van der Waals surface area contributed by atoms with Gasteiger partial charge >= 0.3 is 7.60 Å². The van der Waals surface area contributed by atoms with Crippen molar-refractivity contribution in [1.29, 1.82) is 0 Å². The molecule has 1 aliphatic rings. The zero-order valence-electron chi connectivity index (χ0n) is 7.31. The largest absolute Gasteiger partial charge is 0.394 e. The topological polar surface area (TPSA) is 116 Å². The molecule has 0 amide bonds. The molecule has 0 aromatic rings. The van der Waals surface area contributed by atoms with Crippen LogP contribution >= 0.6 is 7.60 Å². The smallest absolute Gasteiger partial charge is 0.351 e. The number of aliphatic hydroxyl groups excluding tert-OH is 2. The Hall–Kier alpha value is -0.0100. The van der Waals surface area contributed by atoms with Crippen LogP contribution < -0.4 is 0 Å². The zero-order chi connectivity index (χ0) is 10.8. The van der Waals surface area contributed by atoms with Gasteiger partial charge in [-0.1, -0.05) is 0 Å². The summed E-state index contributed by atoms with van der Waals surface area (Å²) in [6.45, 7) is -0.350. The molecule has 14 heavy (non-hydrogen) atoms. The maximum absolute atomic E-state index is 10.4. The van der Waals surface area contributed by atoms with Crippen molar-refractivity contribution < 1.29 is 34.0 Å². The number of hydrogen-bond acceptors (Lipinski definition) is 5. The van der Waals surface area contributed by atoms with E-state index >= 15 is 0 Å². The molecular formula is C6H13O7P. The predicted octanol–water partition coefficient (Wildman–Crippen LogP) is -1.39. The van der Waals surface area contributed by atoms with E-state index in [1.165, 1.54) is 0 Å². The second-order valence-electron chi connectivity index (χ2n) is 3.05. The van der Waals surface area contributed by atoms with Gasteiger partial charge in [0.25, 0.3) is 0 Å². The van der Waals surface area contributed by atoms with Gasteiger partial charge in [0.1, 0.15) is 6.10 Å². The highest BCUT2D eigenvalue weighted by molar-refractivity contribution is 7.51. The van der Waals surface area contributed by atoms with Gasteiger partial charge in [-0.2, -0.15) is 0 Å². The monoisotopic (exact) mass is 228 g/mol. The highest BCUT2D eigenvalue weighted by Crippen LogP contribution is 2.35. The van der Waals surface area contributed by atoms with Crippen molar-refractivity contribution >= 4 is 7.60 Å². The van der Waals surface area contributed by atoms with Crippen LogP contribution in [0.2, 0.25) is 0 Å². The SMILES string of the molecule is O=P(O)(O)CO[C@@H]1C[C@H](O)[C@@H](CO)O1. The normalized spacial score (nSPS) is 33.6. The van der Waals surface area contributed by atoms with Crippen LogP contribution in [0.1, 0.15) is 6.42 Å². The summed E-state index contributed by atoms with van der Waals surface area (Å²) in [4.78, 5) is 17.0. The number of ether oxygens (including phenoxy) is 2. The van der Waals surface area contributed by atoms with E-state index in [1.54, 1.807) is 0 Å². The molecule has 1 saturated heterocycles. The number of aliphatic hydroxyl groups is 2. The first-order valence-electron chi connectivity index (χ1n) is 4.03. The minimum Gasteiger partial charge on any atom is -0.394 e. The third-order valence-electron chi connectivity index (χ3n) is 1.80. The standard InChI is InChI=1S/C6H13O7P/c7-2-5-4(8)1-6(13-5)12-3-14(9,10)11/h4-8H,1-3H2,(H2,9,10,11)/t4-,5+,6-/m0/s1. The molecule has 0 radical (unpaired) electrons. The average molecular weight is 228 g/mol. The van der Waals surface area contributed by atoms with Crippen molar-refractivity contribution in [2.24, 2.45) is 0 Å². The van der Waals surface area contributed by atoms with Gasteiger partial charge in [0, 0.05) is 6.42 Å². The van der Waals surface area contributed by atoms with Crippen molar-refractivity contribution in [2.75, 3.05) is 13.0 Å². The van der Waals surface area contributed by atoms with Crippen molar-refractivity contribution in [1.82, 2.24) is 0 Å². The summed E-state index contributed by atoms with van der Waals surface area (Å²) in [5, 5.41) is 17.9. The van der Waals surface area contributed by atoms with Crippen molar-refractivity contribution in [2.45, 2.75) is 24.9 Å². The molecule has 1 fully saturated rings. The van der Waals surface area contributed by atoms with Gasteiger partial charge in [-0.05, 0) is 0 Å². The molecule has 0 aromatic carbocycles. The molecule has 84 valence electrons. The quantitative estimate of drug-likeness (QED) is 0.437. The molecule has 0 unspecified atom stereocenters. The third kappa shape index (κ3) is 3.62. The second-order valence-corrected chi connectivity index (χ2v) is 4.64. The molecule has 4 N–H and O–H groups in total. The first kappa shape index (κ1) is 12.1. The van der Waals surface area contributed by atoms with Gasteiger partial charge in [0.2, 0.25) is 0 Å². The van der Waals surface area contributed by atoms with Gasteiger partial charge in [-0.3, -0.25) is 4.57 Å². The summed E-state index contributed by atoms with van der Waals surface area (Å²) in [7, 11) is -4.21. The van der Waals surface area contributed by atoms with Crippen molar-refractivity contribution in [3.05, 3.63) is 0 Å². The van der Waals surface area contributed by atoms with E-state index in [4.69, 9.17) is 24.4 Å². The van der Waals surface area contributed by atoms with E-state index in [0.717, 1.165) is 0 Å². The average Bonchev–Trinajstić information content (AvgIpc) is 2.42. The van der Waals surface area contributed by atoms with E-state index in [9.17, 15) is 9.67 Å². The fourth-order valence-electron chi connectivity index (χ4n) is 1.14. The molecule has 1 rings (SSSR count). The predicted molar refractivity (Wildman–Crippen MR) is 44.4 cm³/mol. The Morgan fingerprint density at radius 2 is 2.14 bits per heavy atom. The fourth-order valence-corrected chi connectivity index (χ4v) is 1.50. The molecule has 0 aliphatic carbocycles. The summed E-state index contributed by atoms with van der Waals surface area (Å²) < 4.78 is 20.1. The Kier molecular flexibility index (Phi) is 4.03. The Morgan fingerprint density at radius 1 is 1.50 bits per heavy atom. The Balaban J connectivity index is 2.32. The van der Waals surface area contributed by atoms with Gasteiger partial charge < -0.3 is 29.5 Å². The molecule has 3 atom stereocenters. The van der Waals surface area contributed by atoms with Gasteiger partial charge in [0.05, 0.1) is 12.7 Å². The number of hydrogen-bond donors (Lipinski definition) is 4. The minimum absolute atomic E-state index is 0.102. The first-order valence-corrected chi connectivity index (χ1v) is 5.82. The lowest BCUT2D eigenvalue weighted by atomic mass is 10.2. The van der Waals surface area contributed by atoms with Gasteiger partial charge in [-0.15, -0.1) is 0 Å². The molecule has 1 heterocycles. The molecule has 1 aliphatic heterocycles. The highest BCUT2D eigenvalue weighted by Gasteiger charge is 2.34.